The van der Waals surface area contributed by atoms with E-state index in [1.54, 1.807) is 11.9 Å². The largest absolute Gasteiger partial charge is 0.394 e. The Morgan fingerprint density at radius 3 is 2.53 bits per heavy atom. The molecule has 0 aliphatic carbocycles. The van der Waals surface area contributed by atoms with Crippen LogP contribution in [0.3, 0.4) is 0 Å². The van der Waals surface area contributed by atoms with Gasteiger partial charge in [0.1, 0.15) is 6.04 Å². The molecule has 0 spiro atoms. The second-order valence-electron chi connectivity index (χ2n) is 3.50. The van der Waals surface area contributed by atoms with E-state index in [4.69, 9.17) is 10.8 Å². The van der Waals surface area contributed by atoms with Crippen molar-refractivity contribution in [1.82, 2.24) is 4.90 Å². The zero-order chi connectivity index (χ0) is 11.3. The summed E-state index contributed by atoms with van der Waals surface area (Å²) in [5.41, 5.74) is 6.24. The van der Waals surface area contributed by atoms with Gasteiger partial charge in [0.05, 0.1) is 6.61 Å². The summed E-state index contributed by atoms with van der Waals surface area (Å²) in [6.45, 7) is 0.341. The fraction of sp³-hybridized carbons (Fsp3) is 0.364. The Balaban J connectivity index is 2.62. The van der Waals surface area contributed by atoms with Gasteiger partial charge in [-0.05, 0) is 12.6 Å². The lowest BCUT2D eigenvalue weighted by molar-refractivity contribution is -0.124. The predicted molar refractivity (Wildman–Crippen MR) is 58.0 cm³/mol. The standard InChI is InChI=1S/C11H16N2O2/c1-13(10(8-14)11(12)15)7-9-5-3-2-4-6-9/h2-6,10,14H,7-8H2,1H3,(H2,12,15)/t10-/m1/s1. The highest BCUT2D eigenvalue weighted by atomic mass is 16.3. The van der Waals surface area contributed by atoms with Gasteiger partial charge in [0, 0.05) is 6.54 Å². The minimum Gasteiger partial charge on any atom is -0.394 e. The maximum atomic E-state index is 11.0. The molecule has 1 aromatic rings. The quantitative estimate of drug-likeness (QED) is 0.713. The molecular formula is C11H16N2O2. The molecule has 0 radical (unpaired) electrons. The molecule has 0 saturated carbocycles. The zero-order valence-corrected chi connectivity index (χ0v) is 8.76. The van der Waals surface area contributed by atoms with E-state index < -0.39 is 11.9 Å². The van der Waals surface area contributed by atoms with Gasteiger partial charge in [-0.1, -0.05) is 30.3 Å². The second-order valence-corrected chi connectivity index (χ2v) is 3.50. The molecule has 82 valence electrons. The fourth-order valence-corrected chi connectivity index (χ4v) is 1.43. The highest BCUT2D eigenvalue weighted by molar-refractivity contribution is 5.79. The van der Waals surface area contributed by atoms with Crippen molar-refractivity contribution in [3.63, 3.8) is 0 Å². The van der Waals surface area contributed by atoms with E-state index >= 15 is 0 Å². The number of nitrogens with two attached hydrogens (primary N) is 1. The van der Waals surface area contributed by atoms with Crippen molar-refractivity contribution in [2.45, 2.75) is 12.6 Å². The van der Waals surface area contributed by atoms with Gasteiger partial charge >= 0.3 is 0 Å². The van der Waals surface area contributed by atoms with Gasteiger partial charge in [-0.15, -0.1) is 0 Å². The molecule has 4 nitrogen and oxygen atoms in total. The van der Waals surface area contributed by atoms with E-state index in [0.29, 0.717) is 6.54 Å². The van der Waals surface area contributed by atoms with Crippen molar-refractivity contribution >= 4 is 5.91 Å². The van der Waals surface area contributed by atoms with Crippen molar-refractivity contribution in [3.8, 4) is 0 Å². The number of primary amides is 1. The Hall–Kier alpha value is -1.39. The first-order chi connectivity index (χ1) is 7.15. The van der Waals surface area contributed by atoms with Crippen LogP contribution in [-0.4, -0.2) is 35.6 Å². The number of carbonyl (C=O) groups is 1. The Morgan fingerprint density at radius 2 is 2.07 bits per heavy atom. The van der Waals surface area contributed by atoms with E-state index in [9.17, 15) is 4.79 Å². The van der Waals surface area contributed by atoms with Crippen molar-refractivity contribution in [3.05, 3.63) is 35.9 Å². The average Bonchev–Trinajstić information content (AvgIpc) is 2.19. The molecule has 0 heterocycles. The van der Waals surface area contributed by atoms with Gasteiger partial charge in [0.25, 0.3) is 0 Å². The first kappa shape index (κ1) is 11.7. The first-order valence-corrected chi connectivity index (χ1v) is 4.79. The average molecular weight is 208 g/mol. The summed E-state index contributed by atoms with van der Waals surface area (Å²) in [6.07, 6.45) is 0. The monoisotopic (exact) mass is 208 g/mol. The number of aliphatic hydroxyl groups excluding tert-OH is 1. The third-order valence-electron chi connectivity index (χ3n) is 2.31. The van der Waals surface area contributed by atoms with E-state index in [0.717, 1.165) is 5.56 Å². The number of amides is 1. The lowest BCUT2D eigenvalue weighted by Crippen LogP contribution is -2.44. The number of likely N-dealkylation sites (N-methyl/N-ethyl adjacent to an activating group) is 1. The first-order valence-electron chi connectivity index (χ1n) is 4.79. The number of hydrogen-bond acceptors (Lipinski definition) is 3. The van der Waals surface area contributed by atoms with Crippen LogP contribution in [0.25, 0.3) is 0 Å². The molecule has 4 heteroatoms. The van der Waals surface area contributed by atoms with E-state index in [1.165, 1.54) is 0 Å². The Labute approximate surface area is 89.3 Å². The van der Waals surface area contributed by atoms with Crippen molar-refractivity contribution < 1.29 is 9.90 Å². The highest BCUT2D eigenvalue weighted by Crippen LogP contribution is 2.05. The summed E-state index contributed by atoms with van der Waals surface area (Å²) < 4.78 is 0. The smallest absolute Gasteiger partial charge is 0.237 e. The van der Waals surface area contributed by atoms with Gasteiger partial charge in [-0.25, -0.2) is 0 Å². The number of hydrogen-bond donors (Lipinski definition) is 2. The minimum atomic E-state index is -0.620. The molecule has 3 N–H and O–H groups in total. The SMILES string of the molecule is CN(Cc1ccccc1)[C@H](CO)C(N)=O. The molecule has 0 aliphatic rings. The van der Waals surface area contributed by atoms with Gasteiger partial charge in [-0.2, -0.15) is 0 Å². The molecular weight excluding hydrogens is 192 g/mol. The van der Waals surface area contributed by atoms with Gasteiger partial charge in [-0.3, -0.25) is 9.69 Å². The topological polar surface area (TPSA) is 66.6 Å². The minimum absolute atomic E-state index is 0.251. The van der Waals surface area contributed by atoms with Crippen molar-refractivity contribution in [1.29, 1.82) is 0 Å². The second kappa shape index (κ2) is 5.48. The molecule has 0 aromatic heterocycles. The van der Waals surface area contributed by atoms with Crippen molar-refractivity contribution in [2.24, 2.45) is 5.73 Å². The fourth-order valence-electron chi connectivity index (χ4n) is 1.43. The normalized spacial score (nSPS) is 12.7. The van der Waals surface area contributed by atoms with Crippen LogP contribution in [-0.2, 0) is 11.3 Å². The van der Waals surface area contributed by atoms with E-state index in [2.05, 4.69) is 0 Å². The number of rotatable bonds is 5. The molecule has 0 fully saturated rings. The lowest BCUT2D eigenvalue weighted by Gasteiger charge is -2.23. The zero-order valence-electron chi connectivity index (χ0n) is 8.76. The highest BCUT2D eigenvalue weighted by Gasteiger charge is 2.19. The lowest BCUT2D eigenvalue weighted by atomic mass is 10.2. The predicted octanol–water partition coefficient (Wildman–Crippen LogP) is -0.0354. The van der Waals surface area contributed by atoms with Crippen LogP contribution in [0, 0.1) is 0 Å². The van der Waals surface area contributed by atoms with Gasteiger partial charge < -0.3 is 10.8 Å². The van der Waals surface area contributed by atoms with Crippen LogP contribution < -0.4 is 5.73 Å². The molecule has 0 saturated heterocycles. The number of nitrogens with zero attached hydrogens (tertiary/aromatic N) is 1. The molecule has 1 amide bonds. The van der Waals surface area contributed by atoms with E-state index in [-0.39, 0.29) is 6.61 Å². The van der Waals surface area contributed by atoms with Gasteiger partial charge in [0.15, 0.2) is 0 Å². The molecule has 1 aromatic carbocycles. The maximum absolute atomic E-state index is 11.0. The van der Waals surface area contributed by atoms with Crippen LogP contribution in [0.4, 0.5) is 0 Å². The summed E-state index contributed by atoms with van der Waals surface area (Å²) in [7, 11) is 1.76. The van der Waals surface area contributed by atoms with Crippen LogP contribution in [0.1, 0.15) is 5.56 Å². The Bertz CT molecular complexity index is 314. The van der Waals surface area contributed by atoms with Crippen LogP contribution in [0.2, 0.25) is 0 Å². The molecule has 1 rings (SSSR count). The maximum Gasteiger partial charge on any atom is 0.237 e. The summed E-state index contributed by atoms with van der Waals surface area (Å²) in [4.78, 5) is 12.7. The molecule has 0 unspecified atom stereocenters. The molecule has 1 atom stereocenters. The Morgan fingerprint density at radius 1 is 1.47 bits per heavy atom. The van der Waals surface area contributed by atoms with Gasteiger partial charge in [0.2, 0.25) is 5.91 Å². The van der Waals surface area contributed by atoms with E-state index in [1.807, 2.05) is 30.3 Å². The summed E-state index contributed by atoms with van der Waals surface area (Å²) in [6, 6.07) is 9.10. The number of aliphatic hydroxyl groups is 1. The molecule has 0 bridgehead atoms. The third kappa shape index (κ3) is 3.34. The van der Waals surface area contributed by atoms with Crippen LogP contribution in [0.5, 0.6) is 0 Å². The van der Waals surface area contributed by atoms with Crippen LogP contribution in [0.15, 0.2) is 30.3 Å². The van der Waals surface area contributed by atoms with Crippen LogP contribution >= 0.6 is 0 Å². The number of benzene rings is 1. The molecule has 0 aliphatic heterocycles. The molecule has 15 heavy (non-hydrogen) atoms. The Kier molecular flexibility index (Phi) is 4.27. The van der Waals surface area contributed by atoms with Crippen molar-refractivity contribution in [2.75, 3.05) is 13.7 Å². The summed E-state index contributed by atoms with van der Waals surface area (Å²) in [5.74, 6) is -0.504. The summed E-state index contributed by atoms with van der Waals surface area (Å²) in [5, 5.41) is 9.00. The summed E-state index contributed by atoms with van der Waals surface area (Å²) >= 11 is 0. The third-order valence-corrected chi connectivity index (χ3v) is 2.31. The number of carbonyl (C=O) groups excluding carboxylic acids is 1.